The highest BCUT2D eigenvalue weighted by molar-refractivity contribution is 5.86. The van der Waals surface area contributed by atoms with Gasteiger partial charge in [-0.25, -0.2) is 0 Å². The second-order valence-electron chi connectivity index (χ2n) is 4.64. The van der Waals surface area contributed by atoms with Crippen LogP contribution < -0.4 is 10.1 Å². The number of ether oxygens (including phenoxy) is 2. The van der Waals surface area contributed by atoms with Crippen molar-refractivity contribution in [3.05, 3.63) is 42.0 Å². The van der Waals surface area contributed by atoms with Crippen LogP contribution in [0.1, 0.15) is 17.5 Å². The number of hydrogen-bond donors (Lipinski definition) is 1. The van der Waals surface area contributed by atoms with Crippen LogP contribution in [-0.4, -0.2) is 25.2 Å². The van der Waals surface area contributed by atoms with Gasteiger partial charge in [0.1, 0.15) is 11.9 Å². The number of amides is 1. The van der Waals surface area contributed by atoms with Crippen LogP contribution in [0.25, 0.3) is 0 Å². The van der Waals surface area contributed by atoms with E-state index in [0.717, 1.165) is 29.9 Å². The Morgan fingerprint density at radius 1 is 1.63 bits per heavy atom. The molecule has 1 aliphatic heterocycles. The summed E-state index contributed by atoms with van der Waals surface area (Å²) in [7, 11) is 0. The molecule has 1 fully saturated rings. The first-order valence-electron chi connectivity index (χ1n) is 6.43. The molecular weight excluding hydrogens is 242 g/mol. The third-order valence-corrected chi connectivity index (χ3v) is 3.04. The molecule has 1 aromatic carbocycles. The number of nitrogens with one attached hydrogen (secondary N) is 1. The minimum atomic E-state index is -0.185. The van der Waals surface area contributed by atoms with Crippen molar-refractivity contribution in [3.63, 3.8) is 0 Å². The summed E-state index contributed by atoms with van der Waals surface area (Å²) in [5, 5.41) is 2.77. The van der Waals surface area contributed by atoms with Gasteiger partial charge in [0.05, 0.1) is 13.2 Å². The molecule has 1 amide bonds. The predicted molar refractivity (Wildman–Crippen MR) is 73.1 cm³/mol. The summed E-state index contributed by atoms with van der Waals surface area (Å²) in [4.78, 5) is 11.2. The minimum Gasteiger partial charge on any atom is -0.488 e. The largest absolute Gasteiger partial charge is 0.488 e. The Kier molecular flexibility index (Phi) is 4.58. The van der Waals surface area contributed by atoms with Gasteiger partial charge >= 0.3 is 0 Å². The zero-order valence-corrected chi connectivity index (χ0v) is 11.1. The molecule has 4 nitrogen and oxygen atoms in total. The number of aryl methyl sites for hydroxylation is 1. The van der Waals surface area contributed by atoms with Gasteiger partial charge in [-0.05, 0) is 24.6 Å². The Bertz CT molecular complexity index is 464. The summed E-state index contributed by atoms with van der Waals surface area (Å²) in [6.45, 7) is 7.27. The van der Waals surface area contributed by atoms with Crippen LogP contribution in [0.4, 0.5) is 0 Å². The van der Waals surface area contributed by atoms with Gasteiger partial charge in [0.25, 0.3) is 0 Å². The SMILES string of the molecule is C=CC(=O)NCc1ccc(C)cc1OC1CCOC1. The molecule has 0 aliphatic carbocycles. The van der Waals surface area contributed by atoms with Crippen molar-refractivity contribution in [1.82, 2.24) is 5.32 Å². The molecular formula is C15H19NO3. The van der Waals surface area contributed by atoms with E-state index in [-0.39, 0.29) is 12.0 Å². The lowest BCUT2D eigenvalue weighted by Crippen LogP contribution is -2.22. The number of hydrogen-bond acceptors (Lipinski definition) is 3. The van der Waals surface area contributed by atoms with E-state index < -0.39 is 0 Å². The molecule has 0 bridgehead atoms. The van der Waals surface area contributed by atoms with E-state index >= 15 is 0 Å². The second kappa shape index (κ2) is 6.38. The highest BCUT2D eigenvalue weighted by Gasteiger charge is 2.18. The Balaban J connectivity index is 2.07. The monoisotopic (exact) mass is 261 g/mol. The molecule has 0 saturated carbocycles. The molecule has 1 saturated heterocycles. The Labute approximate surface area is 113 Å². The van der Waals surface area contributed by atoms with Gasteiger partial charge in [-0.15, -0.1) is 0 Å². The van der Waals surface area contributed by atoms with Gasteiger partial charge in [0.2, 0.25) is 5.91 Å². The number of rotatable bonds is 5. The highest BCUT2D eigenvalue weighted by atomic mass is 16.5. The van der Waals surface area contributed by atoms with Crippen molar-refractivity contribution in [1.29, 1.82) is 0 Å². The molecule has 19 heavy (non-hydrogen) atoms. The van der Waals surface area contributed by atoms with Crippen molar-refractivity contribution < 1.29 is 14.3 Å². The fourth-order valence-corrected chi connectivity index (χ4v) is 1.96. The summed E-state index contributed by atoms with van der Waals surface area (Å²) in [6.07, 6.45) is 2.28. The molecule has 1 aromatic rings. The zero-order chi connectivity index (χ0) is 13.7. The number of benzene rings is 1. The van der Waals surface area contributed by atoms with E-state index in [2.05, 4.69) is 11.9 Å². The topological polar surface area (TPSA) is 47.6 Å². The first kappa shape index (κ1) is 13.6. The lowest BCUT2D eigenvalue weighted by molar-refractivity contribution is -0.116. The van der Waals surface area contributed by atoms with E-state index in [1.165, 1.54) is 6.08 Å². The van der Waals surface area contributed by atoms with Gasteiger partial charge in [0.15, 0.2) is 0 Å². The average Bonchev–Trinajstić information content (AvgIpc) is 2.90. The second-order valence-corrected chi connectivity index (χ2v) is 4.64. The van der Waals surface area contributed by atoms with Gasteiger partial charge in [-0.3, -0.25) is 4.79 Å². The highest BCUT2D eigenvalue weighted by Crippen LogP contribution is 2.23. The predicted octanol–water partition coefficient (Wildman–Crippen LogP) is 1.96. The summed E-state index contributed by atoms with van der Waals surface area (Å²) < 4.78 is 11.3. The van der Waals surface area contributed by atoms with E-state index in [1.807, 2.05) is 25.1 Å². The van der Waals surface area contributed by atoms with E-state index in [4.69, 9.17) is 9.47 Å². The lowest BCUT2D eigenvalue weighted by Gasteiger charge is -2.16. The third-order valence-electron chi connectivity index (χ3n) is 3.04. The maximum Gasteiger partial charge on any atom is 0.243 e. The summed E-state index contributed by atoms with van der Waals surface area (Å²) in [5.74, 6) is 0.635. The normalized spacial score (nSPS) is 18.1. The van der Waals surface area contributed by atoms with Gasteiger partial charge in [-0.2, -0.15) is 0 Å². The van der Waals surface area contributed by atoms with Crippen molar-refractivity contribution in [2.75, 3.05) is 13.2 Å². The summed E-state index contributed by atoms with van der Waals surface area (Å²) in [5.41, 5.74) is 2.10. The molecule has 0 aromatic heterocycles. The smallest absolute Gasteiger partial charge is 0.243 e. The first-order chi connectivity index (χ1) is 9.19. The number of carbonyl (C=O) groups excluding carboxylic acids is 1. The first-order valence-corrected chi connectivity index (χ1v) is 6.43. The molecule has 1 atom stereocenters. The van der Waals surface area contributed by atoms with Crippen LogP contribution in [0.2, 0.25) is 0 Å². The average molecular weight is 261 g/mol. The van der Waals surface area contributed by atoms with E-state index in [1.54, 1.807) is 0 Å². The molecule has 4 heteroatoms. The fourth-order valence-electron chi connectivity index (χ4n) is 1.96. The van der Waals surface area contributed by atoms with Crippen molar-refractivity contribution in [2.45, 2.75) is 26.0 Å². The molecule has 1 N–H and O–H groups in total. The van der Waals surface area contributed by atoms with Crippen molar-refractivity contribution in [3.8, 4) is 5.75 Å². The summed E-state index contributed by atoms with van der Waals surface area (Å²) >= 11 is 0. The standard InChI is InChI=1S/C15H19NO3/c1-3-15(17)16-9-12-5-4-11(2)8-14(12)19-13-6-7-18-10-13/h3-5,8,13H,1,6-7,9-10H2,2H3,(H,16,17). The van der Waals surface area contributed by atoms with Crippen molar-refractivity contribution >= 4 is 5.91 Å². The van der Waals surface area contributed by atoms with E-state index in [0.29, 0.717) is 13.2 Å². The van der Waals surface area contributed by atoms with Crippen molar-refractivity contribution in [2.24, 2.45) is 0 Å². The maximum atomic E-state index is 11.2. The summed E-state index contributed by atoms with van der Waals surface area (Å²) in [6, 6.07) is 5.98. The van der Waals surface area contributed by atoms with Crippen LogP contribution in [0.5, 0.6) is 5.75 Å². The maximum absolute atomic E-state index is 11.2. The van der Waals surface area contributed by atoms with Crippen LogP contribution in [0.15, 0.2) is 30.9 Å². The van der Waals surface area contributed by atoms with Crippen LogP contribution in [0.3, 0.4) is 0 Å². The van der Waals surface area contributed by atoms with Crippen LogP contribution >= 0.6 is 0 Å². The van der Waals surface area contributed by atoms with Gasteiger partial charge in [-0.1, -0.05) is 18.7 Å². The van der Waals surface area contributed by atoms with Crippen LogP contribution in [-0.2, 0) is 16.1 Å². The Morgan fingerprint density at radius 3 is 3.16 bits per heavy atom. The number of carbonyl (C=O) groups is 1. The van der Waals surface area contributed by atoms with Gasteiger partial charge < -0.3 is 14.8 Å². The molecule has 1 heterocycles. The van der Waals surface area contributed by atoms with E-state index in [9.17, 15) is 4.79 Å². The molecule has 2 rings (SSSR count). The molecule has 1 aliphatic rings. The molecule has 0 radical (unpaired) electrons. The zero-order valence-electron chi connectivity index (χ0n) is 11.1. The Morgan fingerprint density at radius 2 is 2.47 bits per heavy atom. The molecule has 1 unspecified atom stereocenters. The fraction of sp³-hybridized carbons (Fsp3) is 0.400. The molecule has 102 valence electrons. The Hall–Kier alpha value is -1.81. The third kappa shape index (κ3) is 3.83. The lowest BCUT2D eigenvalue weighted by atomic mass is 10.1. The quantitative estimate of drug-likeness (QED) is 0.824. The minimum absolute atomic E-state index is 0.107. The van der Waals surface area contributed by atoms with Crippen LogP contribution in [0, 0.1) is 6.92 Å². The molecule has 0 spiro atoms. The van der Waals surface area contributed by atoms with Gasteiger partial charge in [0, 0.05) is 18.5 Å².